The van der Waals surface area contributed by atoms with Crippen molar-refractivity contribution in [1.29, 1.82) is 0 Å². The molecule has 0 amide bonds. The van der Waals surface area contributed by atoms with Crippen molar-refractivity contribution in [1.82, 2.24) is 9.55 Å². The van der Waals surface area contributed by atoms with Crippen molar-refractivity contribution < 1.29 is 23.8 Å². The van der Waals surface area contributed by atoms with Gasteiger partial charge < -0.3 is 14.2 Å². The van der Waals surface area contributed by atoms with Gasteiger partial charge in [-0.3, -0.25) is 14.2 Å². The SMILES string of the molecule is CCCCCC(=O)c1nc(-c2ccccc2)n(-c2ccccc2)c1/C=C/[C@H]1OC(C)(C)O[C@H]1CCCC(=O)OC. The Kier molecular flexibility index (Phi) is 10.1. The summed E-state index contributed by atoms with van der Waals surface area (Å²) < 4.78 is 19.3. The average molecular weight is 545 g/mol. The van der Waals surface area contributed by atoms with E-state index in [1.165, 1.54) is 7.11 Å². The summed E-state index contributed by atoms with van der Waals surface area (Å²) in [6.45, 7) is 5.90. The largest absolute Gasteiger partial charge is 0.469 e. The number of ether oxygens (including phenoxy) is 3. The lowest BCUT2D eigenvalue weighted by molar-refractivity contribution is -0.144. The van der Waals surface area contributed by atoms with Crippen molar-refractivity contribution in [3.05, 3.63) is 78.1 Å². The molecule has 2 aromatic carbocycles. The van der Waals surface area contributed by atoms with Crippen LogP contribution in [0.25, 0.3) is 23.2 Å². The number of carbonyl (C=O) groups excluding carboxylic acids is 2. The van der Waals surface area contributed by atoms with Gasteiger partial charge in [-0.1, -0.05) is 74.4 Å². The molecule has 0 unspecified atom stereocenters. The molecule has 2 atom stereocenters. The Morgan fingerprint density at radius 1 is 0.975 bits per heavy atom. The van der Waals surface area contributed by atoms with Crippen molar-refractivity contribution in [2.75, 3.05) is 7.11 Å². The van der Waals surface area contributed by atoms with Gasteiger partial charge >= 0.3 is 5.97 Å². The zero-order valence-corrected chi connectivity index (χ0v) is 24.0. The third-order valence-corrected chi connectivity index (χ3v) is 6.99. The van der Waals surface area contributed by atoms with Crippen molar-refractivity contribution in [3.63, 3.8) is 0 Å². The summed E-state index contributed by atoms with van der Waals surface area (Å²) in [7, 11) is 1.40. The van der Waals surface area contributed by atoms with E-state index in [0.29, 0.717) is 42.9 Å². The standard InChI is InChI=1S/C33H40N2O5/c1-5-6-9-19-27(36)31-26(22-23-29-28(39-33(2,3)40-29)20-14-21-30(37)38-4)35(25-17-12-8-13-18-25)32(34-31)24-15-10-7-11-16-24/h7-8,10-13,15-18,22-23,28-29H,5-6,9,14,19-21H2,1-4H3/b23-22+/t28-,29+/m0/s1. The van der Waals surface area contributed by atoms with Gasteiger partial charge in [0.2, 0.25) is 0 Å². The number of hydrogen-bond acceptors (Lipinski definition) is 6. The van der Waals surface area contributed by atoms with E-state index in [4.69, 9.17) is 19.2 Å². The molecule has 3 aromatic rings. The number of imidazole rings is 1. The lowest BCUT2D eigenvalue weighted by Crippen LogP contribution is -2.21. The quantitative estimate of drug-likeness (QED) is 0.129. The Balaban J connectivity index is 1.75. The van der Waals surface area contributed by atoms with Crippen LogP contribution in [-0.4, -0.2) is 46.4 Å². The molecule has 7 nitrogen and oxygen atoms in total. The van der Waals surface area contributed by atoms with Crippen LogP contribution in [0.5, 0.6) is 0 Å². The lowest BCUT2D eigenvalue weighted by atomic mass is 10.0. The third kappa shape index (κ3) is 7.34. The van der Waals surface area contributed by atoms with Crippen LogP contribution in [0.15, 0.2) is 66.7 Å². The maximum atomic E-state index is 13.6. The second-order valence-electron chi connectivity index (χ2n) is 10.6. The van der Waals surface area contributed by atoms with Crippen LogP contribution in [-0.2, 0) is 19.0 Å². The Labute approximate surface area is 237 Å². The zero-order chi connectivity index (χ0) is 28.5. The summed E-state index contributed by atoms with van der Waals surface area (Å²) in [4.78, 5) is 30.1. The molecule has 0 saturated carbocycles. The van der Waals surface area contributed by atoms with Gasteiger partial charge in [-0.2, -0.15) is 0 Å². The van der Waals surface area contributed by atoms with Crippen LogP contribution in [0.4, 0.5) is 0 Å². The smallest absolute Gasteiger partial charge is 0.305 e. The fraction of sp³-hybridized carbons (Fsp3) is 0.424. The van der Waals surface area contributed by atoms with E-state index in [9.17, 15) is 9.59 Å². The minimum Gasteiger partial charge on any atom is -0.469 e. The van der Waals surface area contributed by atoms with E-state index in [2.05, 4.69) is 6.92 Å². The Morgan fingerprint density at radius 3 is 2.35 bits per heavy atom. The van der Waals surface area contributed by atoms with Gasteiger partial charge in [-0.15, -0.1) is 0 Å². The average Bonchev–Trinajstić information content (AvgIpc) is 3.49. The van der Waals surface area contributed by atoms with Gasteiger partial charge in [0.25, 0.3) is 0 Å². The number of carbonyl (C=O) groups is 2. The third-order valence-electron chi connectivity index (χ3n) is 6.99. The summed E-state index contributed by atoms with van der Waals surface area (Å²) in [6, 6.07) is 19.9. The maximum Gasteiger partial charge on any atom is 0.305 e. The summed E-state index contributed by atoms with van der Waals surface area (Å²) in [5, 5.41) is 0. The van der Waals surface area contributed by atoms with Crippen LogP contribution < -0.4 is 0 Å². The van der Waals surface area contributed by atoms with Crippen LogP contribution in [0, 0.1) is 0 Å². The Hall–Kier alpha value is -3.55. The van der Waals surface area contributed by atoms with E-state index in [1.807, 2.05) is 91.2 Å². The maximum absolute atomic E-state index is 13.6. The van der Waals surface area contributed by atoms with E-state index in [1.54, 1.807) is 0 Å². The summed E-state index contributed by atoms with van der Waals surface area (Å²) in [6.07, 6.45) is 8.23. The molecule has 7 heteroatoms. The molecular formula is C33H40N2O5. The number of unbranched alkanes of at least 4 members (excludes halogenated alkanes) is 2. The Morgan fingerprint density at radius 2 is 1.68 bits per heavy atom. The molecule has 1 aliphatic rings. The van der Waals surface area contributed by atoms with Crippen molar-refractivity contribution in [2.24, 2.45) is 0 Å². The number of ketones is 1. The normalized spacial score (nSPS) is 18.3. The summed E-state index contributed by atoms with van der Waals surface area (Å²) in [5.74, 6) is -0.266. The first kappa shape index (κ1) is 29.4. The van der Waals surface area contributed by atoms with Crippen molar-refractivity contribution in [2.45, 2.75) is 83.7 Å². The molecule has 4 rings (SSSR count). The van der Waals surface area contributed by atoms with E-state index < -0.39 is 5.79 Å². The van der Waals surface area contributed by atoms with Crippen LogP contribution in [0.1, 0.15) is 81.9 Å². The fourth-order valence-corrected chi connectivity index (χ4v) is 5.05. The number of aromatic nitrogens is 2. The van der Waals surface area contributed by atoms with Crippen LogP contribution >= 0.6 is 0 Å². The molecule has 1 aromatic heterocycles. The van der Waals surface area contributed by atoms with E-state index >= 15 is 0 Å². The highest BCUT2D eigenvalue weighted by Crippen LogP contribution is 2.34. The summed E-state index contributed by atoms with van der Waals surface area (Å²) in [5.41, 5.74) is 3.01. The predicted octanol–water partition coefficient (Wildman–Crippen LogP) is 7.18. The van der Waals surface area contributed by atoms with Gasteiger partial charge in [0.15, 0.2) is 11.6 Å². The molecule has 40 heavy (non-hydrogen) atoms. The van der Waals surface area contributed by atoms with Gasteiger partial charge in [0.1, 0.15) is 17.6 Å². The first-order chi connectivity index (χ1) is 19.3. The Bertz CT molecular complexity index is 1300. The minimum atomic E-state index is -0.765. The van der Waals surface area contributed by atoms with Gasteiger partial charge in [-0.05, 0) is 51.3 Å². The molecular weight excluding hydrogens is 504 g/mol. The molecule has 0 bridgehead atoms. The summed E-state index contributed by atoms with van der Waals surface area (Å²) >= 11 is 0. The van der Waals surface area contributed by atoms with E-state index in [0.717, 1.165) is 30.5 Å². The number of methoxy groups -OCH3 is 1. The number of esters is 1. The van der Waals surface area contributed by atoms with Crippen molar-refractivity contribution >= 4 is 17.8 Å². The molecule has 2 heterocycles. The topological polar surface area (TPSA) is 79.7 Å². The highest BCUT2D eigenvalue weighted by atomic mass is 16.7. The van der Waals surface area contributed by atoms with Gasteiger partial charge in [0.05, 0.1) is 18.9 Å². The molecule has 0 spiro atoms. The molecule has 1 fully saturated rings. The molecule has 212 valence electrons. The number of Topliss-reactive ketones (excluding diaryl/α,β-unsaturated/α-hetero) is 1. The molecule has 0 radical (unpaired) electrons. The highest BCUT2D eigenvalue weighted by molar-refractivity contribution is 5.98. The van der Waals surface area contributed by atoms with E-state index in [-0.39, 0.29) is 24.0 Å². The van der Waals surface area contributed by atoms with Crippen molar-refractivity contribution in [3.8, 4) is 17.1 Å². The van der Waals surface area contributed by atoms with Gasteiger partial charge in [0, 0.05) is 24.1 Å². The first-order valence-electron chi connectivity index (χ1n) is 14.2. The minimum absolute atomic E-state index is 0.0264. The number of para-hydroxylation sites is 1. The fourth-order valence-electron chi connectivity index (χ4n) is 5.05. The number of benzene rings is 2. The second-order valence-corrected chi connectivity index (χ2v) is 10.6. The van der Waals surface area contributed by atoms with Crippen LogP contribution in [0.3, 0.4) is 0 Å². The zero-order valence-electron chi connectivity index (χ0n) is 24.0. The number of rotatable bonds is 13. The molecule has 1 aliphatic heterocycles. The molecule has 1 saturated heterocycles. The van der Waals surface area contributed by atoms with Gasteiger partial charge in [-0.25, -0.2) is 4.98 Å². The second kappa shape index (κ2) is 13.7. The molecule has 0 aliphatic carbocycles. The number of nitrogens with zero attached hydrogens (tertiary/aromatic N) is 2. The van der Waals surface area contributed by atoms with Crippen LogP contribution in [0.2, 0.25) is 0 Å². The lowest BCUT2D eigenvalue weighted by Gasteiger charge is -2.16. The number of hydrogen-bond donors (Lipinski definition) is 0. The highest BCUT2D eigenvalue weighted by Gasteiger charge is 2.39. The predicted molar refractivity (Wildman–Crippen MR) is 156 cm³/mol. The first-order valence-corrected chi connectivity index (χ1v) is 14.2. The monoisotopic (exact) mass is 544 g/mol. The molecule has 0 N–H and O–H groups in total.